The third-order valence-electron chi connectivity index (χ3n) is 3.47. The molecule has 0 spiro atoms. The summed E-state index contributed by atoms with van der Waals surface area (Å²) in [6.45, 7) is 23.5. The molecule has 0 unspecified atom stereocenters. The summed E-state index contributed by atoms with van der Waals surface area (Å²) in [5, 5.41) is 10.1. The van der Waals surface area contributed by atoms with Gasteiger partial charge < -0.3 is 6.42 Å². The van der Waals surface area contributed by atoms with Gasteiger partial charge in [-0.15, -0.1) is 17.7 Å². The van der Waals surface area contributed by atoms with Crippen LogP contribution in [0.1, 0.15) is 5.56 Å². The third kappa shape index (κ3) is 9.85. The first-order valence-electron chi connectivity index (χ1n) is 8.16. The van der Waals surface area contributed by atoms with E-state index in [1.54, 1.807) is 0 Å². The van der Waals surface area contributed by atoms with Gasteiger partial charge in [0, 0.05) is 51.2 Å². The number of hydrogen-bond donors (Lipinski definition) is 0. The third-order valence-corrected chi connectivity index (χ3v) is 62.0. The van der Waals surface area contributed by atoms with Crippen LogP contribution in [-0.2, 0) is 21.1 Å². The Morgan fingerprint density at radius 1 is 0.880 bits per heavy atom. The van der Waals surface area contributed by atoms with Gasteiger partial charge in [0.2, 0.25) is 0 Å². The molecule has 0 fully saturated rings. The quantitative estimate of drug-likeness (QED) is 0.158. The number of benzene rings is 1. The maximum atomic E-state index is 10.1. The summed E-state index contributed by atoms with van der Waals surface area (Å²) in [6, 6.07) is 5.64. The van der Waals surface area contributed by atoms with E-state index in [9.17, 15) is 10.1 Å². The van der Waals surface area contributed by atoms with Crippen molar-refractivity contribution in [2.45, 2.75) is 58.9 Å². The van der Waals surface area contributed by atoms with E-state index in [2.05, 4.69) is 64.8 Å². The Labute approximate surface area is 172 Å². The molecular formula is C17H31NO2PtSi4-. The fourth-order valence-corrected chi connectivity index (χ4v) is 91.8. The largest absolute Gasteiger partial charge is 0.366 e. The number of rotatable bonds is 4. The van der Waals surface area contributed by atoms with Crippen molar-refractivity contribution in [3.63, 3.8) is 0 Å². The topological polar surface area (TPSA) is 43.1 Å². The Balaban J connectivity index is 0. The van der Waals surface area contributed by atoms with Crippen LogP contribution in [0.3, 0.4) is 0 Å². The number of nitrogens with zero attached hydrogens (tertiary/aromatic N) is 1. The van der Waals surface area contributed by atoms with Gasteiger partial charge in [-0.25, -0.2) is 0 Å². The van der Waals surface area contributed by atoms with Crippen molar-refractivity contribution in [2.24, 2.45) is 0 Å². The minimum atomic E-state index is -0.832. The zero-order valence-electron chi connectivity index (χ0n) is 16.9. The normalized spacial score (nSPS) is 11.7. The van der Waals surface area contributed by atoms with E-state index in [1.807, 2.05) is 0 Å². The second kappa shape index (κ2) is 10.2. The van der Waals surface area contributed by atoms with Crippen LogP contribution < -0.4 is 0 Å². The van der Waals surface area contributed by atoms with Crippen LogP contribution in [0.4, 0.5) is 5.69 Å². The van der Waals surface area contributed by atoms with Crippen LogP contribution in [-0.4, -0.2) is 35.0 Å². The average molecular weight is 589 g/mol. The van der Waals surface area contributed by atoms with Crippen molar-refractivity contribution in [3.05, 3.63) is 46.4 Å². The number of nitro groups is 1. The molecule has 1 aromatic carbocycles. The zero-order valence-corrected chi connectivity index (χ0v) is 23.2. The van der Waals surface area contributed by atoms with Crippen LogP contribution in [0.5, 0.6) is 0 Å². The van der Waals surface area contributed by atoms with Crippen molar-refractivity contribution in [1.82, 2.24) is 0 Å². The second-order valence-corrected chi connectivity index (χ2v) is 45.8. The van der Waals surface area contributed by atoms with Crippen LogP contribution in [0, 0.1) is 22.5 Å². The Bertz CT molecular complexity index is 560. The van der Waals surface area contributed by atoms with Gasteiger partial charge in [-0.05, 0) is 12.1 Å². The monoisotopic (exact) mass is 588 g/mol. The van der Waals surface area contributed by atoms with Gasteiger partial charge in [-0.3, -0.25) is 16.0 Å². The molecule has 0 aromatic heterocycles. The molecule has 0 aliphatic rings. The van der Waals surface area contributed by atoms with Gasteiger partial charge in [0.25, 0.3) is 5.69 Å². The van der Waals surface area contributed by atoms with Crippen LogP contribution in [0.25, 0.3) is 0 Å². The molecule has 143 valence electrons. The summed E-state index contributed by atoms with van der Waals surface area (Å²) in [5.41, 5.74) is 0.569. The van der Waals surface area contributed by atoms with Crippen molar-refractivity contribution >= 4 is 35.8 Å². The molecular weight excluding hydrogens is 558 g/mol. The molecule has 3 nitrogen and oxygen atoms in total. The summed E-state index contributed by atoms with van der Waals surface area (Å²) >= 11 is 0. The molecule has 1 rings (SSSR count). The second-order valence-electron chi connectivity index (χ2n) is 9.05. The Hall–Kier alpha value is -0.264. The minimum Gasteiger partial charge on any atom is -0.366 e. The summed E-state index contributed by atoms with van der Waals surface area (Å²) in [4.78, 5) is 9.66. The van der Waals surface area contributed by atoms with E-state index in [0.717, 1.165) is 0 Å². The van der Waals surface area contributed by atoms with Crippen LogP contribution in [0.15, 0.2) is 24.3 Å². The molecule has 0 saturated heterocycles. The smallest absolute Gasteiger partial charge is 0.266 e. The molecule has 1 aromatic rings. The minimum absolute atomic E-state index is 0. The van der Waals surface area contributed by atoms with E-state index in [-0.39, 0.29) is 34.1 Å². The van der Waals surface area contributed by atoms with E-state index >= 15 is 0 Å². The van der Waals surface area contributed by atoms with Crippen molar-refractivity contribution < 1.29 is 26.0 Å². The Morgan fingerprint density at radius 3 is 1.36 bits per heavy atom. The molecule has 0 heterocycles. The van der Waals surface area contributed by atoms with Gasteiger partial charge in [0.05, 0.1) is 4.92 Å². The van der Waals surface area contributed by atoms with Crippen molar-refractivity contribution in [3.8, 4) is 5.92 Å². The maximum absolute atomic E-state index is 10.1. The van der Waals surface area contributed by atoms with E-state index in [4.69, 9.17) is 6.42 Å². The molecule has 0 saturated carbocycles. The first-order valence-corrected chi connectivity index (χ1v) is 23.2. The SMILES string of the molecule is C[Si](C)(C)[Si]([Si](C)(C)C)[Si](C)(C)C.[C-]#Cc1ccc([N+](=O)[O-])cc1.[Pt]. The summed E-state index contributed by atoms with van der Waals surface area (Å²) in [5.74, 6) is 2.12. The van der Waals surface area contributed by atoms with Gasteiger partial charge >= 0.3 is 0 Å². The van der Waals surface area contributed by atoms with Gasteiger partial charge in [0.1, 0.15) is 0 Å². The average Bonchev–Trinajstić information content (AvgIpc) is 2.33. The fraction of sp³-hybridized carbons (Fsp3) is 0.529. The molecule has 25 heavy (non-hydrogen) atoms. The molecule has 1 radical (unpaired) electrons. The number of non-ortho nitro benzene ring substituents is 1. The molecule has 0 aliphatic carbocycles. The standard InChI is InChI=1S/C9H27Si4.C8H4NO2.Pt/c1-11(2,3)10(12(4,5)6)13(7,8)9;1-2-7-3-5-8(6-4-7)9(10)11;/h1-9H3;3-6H;/q;-1;. The molecule has 0 atom stereocenters. The first kappa shape index (κ1) is 27.0. The molecule has 0 aliphatic heterocycles. The molecule has 8 heteroatoms. The summed E-state index contributed by atoms with van der Waals surface area (Å²) < 4.78 is 0. The van der Waals surface area contributed by atoms with Crippen molar-refractivity contribution in [1.29, 1.82) is 0 Å². The summed E-state index contributed by atoms with van der Waals surface area (Å²) in [6.07, 6.45) is 6.70. The number of nitro benzene ring substituents is 1. The van der Waals surface area contributed by atoms with Gasteiger partial charge in [-0.2, -0.15) is 0 Å². The molecule has 0 N–H and O–H groups in total. The molecule has 0 bridgehead atoms. The summed E-state index contributed by atoms with van der Waals surface area (Å²) in [7, 11) is -2.47. The molecule has 0 amide bonds. The number of hydrogen-bond acceptors (Lipinski definition) is 2. The predicted molar refractivity (Wildman–Crippen MR) is 115 cm³/mol. The van der Waals surface area contributed by atoms with Gasteiger partial charge in [-0.1, -0.05) is 58.9 Å². The zero-order chi connectivity index (χ0) is 19.3. The first-order chi connectivity index (χ1) is 10.6. The predicted octanol–water partition coefficient (Wildman–Crippen LogP) is 5.26. The Morgan fingerprint density at radius 2 is 1.20 bits per heavy atom. The Kier molecular flexibility index (Phi) is 11.0. The van der Waals surface area contributed by atoms with E-state index < -0.39 is 27.7 Å². The van der Waals surface area contributed by atoms with Crippen LogP contribution in [0.2, 0.25) is 58.9 Å². The maximum Gasteiger partial charge on any atom is 0.266 e. The fourth-order valence-electron chi connectivity index (χ4n) is 4.04. The van der Waals surface area contributed by atoms with Crippen LogP contribution >= 0.6 is 0 Å². The van der Waals surface area contributed by atoms with Gasteiger partial charge in [0.15, 0.2) is 0 Å². The van der Waals surface area contributed by atoms with E-state index in [1.165, 1.54) is 24.3 Å². The van der Waals surface area contributed by atoms with Crippen molar-refractivity contribution in [2.75, 3.05) is 0 Å². The van der Waals surface area contributed by atoms with E-state index in [0.29, 0.717) is 5.56 Å².